The van der Waals surface area contributed by atoms with Crippen molar-refractivity contribution >= 4 is 34.8 Å². The molecule has 2 amide bonds. The highest BCUT2D eigenvalue weighted by atomic mass is 19.1. The van der Waals surface area contributed by atoms with Crippen molar-refractivity contribution in [3.63, 3.8) is 0 Å². The number of nitrogens with zero attached hydrogens (tertiary/aromatic N) is 2. The van der Waals surface area contributed by atoms with Crippen LogP contribution in [0.25, 0.3) is 22.3 Å². The van der Waals surface area contributed by atoms with Crippen molar-refractivity contribution in [1.29, 1.82) is 0 Å². The zero-order valence-corrected chi connectivity index (χ0v) is 38.8. The molecular formula is C56H68F2N2O4. The molecular weight excluding hydrogens is 803 g/mol. The maximum Gasteiger partial charge on any atom is 0.228 e. The maximum atomic E-state index is 15.8. The van der Waals surface area contributed by atoms with Crippen molar-refractivity contribution in [3.8, 4) is 22.3 Å². The number of carbonyl (C=O) groups excluding carboxylic acids is 4. The number of fused-ring (bicyclic) bond motifs is 2. The summed E-state index contributed by atoms with van der Waals surface area (Å²) in [6.45, 7) is 7.03. The van der Waals surface area contributed by atoms with Gasteiger partial charge in [0.25, 0.3) is 0 Å². The van der Waals surface area contributed by atoms with Crippen LogP contribution in [0, 0.1) is 11.6 Å². The van der Waals surface area contributed by atoms with E-state index in [9.17, 15) is 19.2 Å². The summed E-state index contributed by atoms with van der Waals surface area (Å²) in [5.41, 5.74) is 3.68. The zero-order valence-electron chi connectivity index (χ0n) is 38.8. The second-order valence-electron chi connectivity index (χ2n) is 18.0. The average molecular weight is 871 g/mol. The van der Waals surface area contributed by atoms with Crippen LogP contribution in [0.15, 0.2) is 84.2 Å². The number of allylic oxidation sites excluding steroid dienone is 2. The number of unbranched alkanes of at least 4 members (excludes halogenated alkanes) is 18. The molecule has 0 atom stereocenters. The van der Waals surface area contributed by atoms with Gasteiger partial charge in [-0.2, -0.15) is 0 Å². The number of benzene rings is 4. The first-order valence-electron chi connectivity index (χ1n) is 24.4. The highest BCUT2D eigenvalue weighted by Crippen LogP contribution is 2.45. The van der Waals surface area contributed by atoms with Crippen LogP contribution >= 0.6 is 0 Å². The number of carbonyl (C=O) groups is 4. The van der Waals surface area contributed by atoms with Gasteiger partial charge < -0.3 is 0 Å². The molecule has 2 heterocycles. The number of Topliss-reactive ketones (excluding diaryl/α,β-unsaturated/α-hetero) is 2. The Kier molecular flexibility index (Phi) is 17.8. The second-order valence-corrected chi connectivity index (χ2v) is 18.0. The normalized spacial score (nSPS) is 14.5. The van der Waals surface area contributed by atoms with Crippen LogP contribution < -0.4 is 9.80 Å². The van der Waals surface area contributed by atoms with Crippen molar-refractivity contribution in [2.45, 2.75) is 169 Å². The van der Waals surface area contributed by atoms with E-state index >= 15 is 8.78 Å². The van der Waals surface area contributed by atoms with Gasteiger partial charge in [0, 0.05) is 36.1 Å². The quantitative estimate of drug-likeness (QED) is 0.0519. The molecule has 2 aliphatic heterocycles. The Morgan fingerprint density at radius 1 is 0.422 bits per heavy atom. The summed E-state index contributed by atoms with van der Waals surface area (Å²) in [6.07, 6.45) is 26.2. The van der Waals surface area contributed by atoms with Crippen LogP contribution in [-0.2, 0) is 22.4 Å². The number of rotatable bonds is 24. The first kappa shape index (κ1) is 48.2. The van der Waals surface area contributed by atoms with Gasteiger partial charge in [-0.3, -0.25) is 29.0 Å². The predicted molar refractivity (Wildman–Crippen MR) is 257 cm³/mol. The van der Waals surface area contributed by atoms with E-state index in [1.54, 1.807) is 60.7 Å². The van der Waals surface area contributed by atoms with E-state index in [0.717, 1.165) is 59.5 Å². The molecule has 0 radical (unpaired) electrons. The lowest BCUT2D eigenvalue weighted by atomic mass is 9.98. The standard InChI is InChI=1S/C56H68F2N2O4/c1-5-7-9-11-13-15-17-19-21-23-25-41-27-31-45(49(57)35-41)43-29-33-47-51(37-43)59(39(3)61)53(55(47)63)54-56(64)48-34-30-44(38-52(48)60(54)40(4)62)46-32-28-42(36-50(46)58)26-24-22-20-18-16-14-12-10-8-6-2/h27-38H,5-26H2,1-4H3/b54-53+. The third-order valence-electron chi connectivity index (χ3n) is 13.0. The molecule has 0 saturated heterocycles. The van der Waals surface area contributed by atoms with Crippen LogP contribution in [0.5, 0.6) is 0 Å². The Morgan fingerprint density at radius 2 is 0.734 bits per heavy atom. The molecule has 0 bridgehead atoms. The molecule has 0 aromatic heterocycles. The summed E-state index contributed by atoms with van der Waals surface area (Å²) in [4.78, 5) is 57.7. The van der Waals surface area contributed by atoms with Crippen LogP contribution in [0.2, 0.25) is 0 Å². The molecule has 6 nitrogen and oxygen atoms in total. The maximum absolute atomic E-state index is 15.8. The molecule has 8 heteroatoms. The van der Waals surface area contributed by atoms with E-state index in [-0.39, 0.29) is 33.9 Å². The molecule has 4 aromatic carbocycles. The number of anilines is 2. The van der Waals surface area contributed by atoms with E-state index in [0.29, 0.717) is 22.3 Å². The van der Waals surface area contributed by atoms with Crippen LogP contribution in [0.3, 0.4) is 0 Å². The third-order valence-corrected chi connectivity index (χ3v) is 13.0. The zero-order chi connectivity index (χ0) is 45.6. The summed E-state index contributed by atoms with van der Waals surface area (Å²) in [5.74, 6) is -3.10. The Balaban J connectivity index is 1.15. The predicted octanol–water partition coefficient (Wildman–Crippen LogP) is 15.2. The number of hydrogen-bond acceptors (Lipinski definition) is 4. The Hall–Kier alpha value is -5.24. The van der Waals surface area contributed by atoms with Gasteiger partial charge in [-0.05, 0) is 84.3 Å². The third kappa shape index (κ3) is 11.7. The summed E-state index contributed by atoms with van der Waals surface area (Å²) >= 11 is 0. The van der Waals surface area contributed by atoms with Gasteiger partial charge in [0.15, 0.2) is 0 Å². The molecule has 340 valence electrons. The molecule has 0 saturated carbocycles. The van der Waals surface area contributed by atoms with Gasteiger partial charge in [0.2, 0.25) is 23.4 Å². The van der Waals surface area contributed by atoms with E-state index in [4.69, 9.17) is 0 Å². The molecule has 4 aromatic rings. The number of ketones is 2. The van der Waals surface area contributed by atoms with E-state index in [1.165, 1.54) is 117 Å². The first-order valence-corrected chi connectivity index (χ1v) is 24.4. The highest BCUT2D eigenvalue weighted by Gasteiger charge is 2.45. The van der Waals surface area contributed by atoms with Crippen LogP contribution in [0.1, 0.15) is 188 Å². The molecule has 0 spiro atoms. The number of aryl methyl sites for hydroxylation is 2. The lowest BCUT2D eigenvalue weighted by Gasteiger charge is -2.23. The molecule has 6 rings (SSSR count). The van der Waals surface area contributed by atoms with Gasteiger partial charge in [0.05, 0.1) is 11.4 Å². The van der Waals surface area contributed by atoms with Crippen molar-refractivity contribution in [2.75, 3.05) is 9.80 Å². The largest absolute Gasteiger partial charge is 0.287 e. The highest BCUT2D eigenvalue weighted by molar-refractivity contribution is 6.34. The SMILES string of the molecule is CCCCCCCCCCCCc1ccc(-c2ccc3c(c2)N(C(C)=O)/C(=C2\C(=O)c4ccc(-c5ccc(CCCCCCCCCCCC)cc5F)cc4N2C(C)=O)C3=O)c(F)c1. The minimum absolute atomic E-state index is 0.160. The molecule has 0 unspecified atom stereocenters. The topological polar surface area (TPSA) is 74.8 Å². The lowest BCUT2D eigenvalue weighted by molar-refractivity contribution is -0.117. The smallest absolute Gasteiger partial charge is 0.228 e. The number of halogens is 2. The van der Waals surface area contributed by atoms with Crippen molar-refractivity contribution < 1.29 is 28.0 Å². The summed E-state index contributed by atoms with van der Waals surface area (Å²) in [6, 6.07) is 20.0. The van der Waals surface area contributed by atoms with Gasteiger partial charge in [-0.1, -0.05) is 166 Å². The Bertz CT molecular complexity index is 2170. The van der Waals surface area contributed by atoms with Crippen LogP contribution in [-0.4, -0.2) is 23.4 Å². The Labute approximate surface area is 380 Å². The summed E-state index contributed by atoms with van der Waals surface area (Å²) in [5, 5.41) is 0. The van der Waals surface area contributed by atoms with Crippen LogP contribution in [0.4, 0.5) is 20.2 Å². The Morgan fingerprint density at radius 3 is 1.05 bits per heavy atom. The minimum atomic E-state index is -0.601. The van der Waals surface area contributed by atoms with Gasteiger partial charge in [-0.15, -0.1) is 0 Å². The van der Waals surface area contributed by atoms with Crippen molar-refractivity contribution in [3.05, 3.63) is 118 Å². The van der Waals surface area contributed by atoms with Gasteiger partial charge >= 0.3 is 0 Å². The van der Waals surface area contributed by atoms with Gasteiger partial charge in [-0.25, -0.2) is 8.78 Å². The molecule has 2 aliphatic rings. The lowest BCUT2D eigenvalue weighted by Crippen LogP contribution is -2.34. The molecule has 64 heavy (non-hydrogen) atoms. The number of hydrogen-bond donors (Lipinski definition) is 0. The van der Waals surface area contributed by atoms with E-state index in [1.807, 2.05) is 12.1 Å². The fourth-order valence-electron chi connectivity index (χ4n) is 9.46. The van der Waals surface area contributed by atoms with E-state index in [2.05, 4.69) is 13.8 Å². The first-order chi connectivity index (χ1) is 31.0. The van der Waals surface area contributed by atoms with Crippen molar-refractivity contribution in [1.82, 2.24) is 0 Å². The molecule has 0 fully saturated rings. The second kappa shape index (κ2) is 23.6. The fourth-order valence-corrected chi connectivity index (χ4v) is 9.46. The monoisotopic (exact) mass is 871 g/mol. The number of amides is 2. The van der Waals surface area contributed by atoms with Gasteiger partial charge in [0.1, 0.15) is 23.0 Å². The fraction of sp³-hybridized carbons (Fsp3) is 0.464. The van der Waals surface area contributed by atoms with E-state index < -0.39 is 35.0 Å². The summed E-state index contributed by atoms with van der Waals surface area (Å²) < 4.78 is 31.5. The summed E-state index contributed by atoms with van der Waals surface area (Å²) in [7, 11) is 0. The van der Waals surface area contributed by atoms with Crippen molar-refractivity contribution in [2.24, 2.45) is 0 Å². The minimum Gasteiger partial charge on any atom is -0.287 e. The average Bonchev–Trinajstić information content (AvgIpc) is 3.73. The molecule has 0 aliphatic carbocycles. The molecule has 0 N–H and O–H groups in total.